The molecule has 20 heavy (non-hydrogen) atoms. The van der Waals surface area contributed by atoms with E-state index in [-0.39, 0.29) is 0 Å². The summed E-state index contributed by atoms with van der Waals surface area (Å²) in [6, 6.07) is 6.95. The van der Waals surface area contributed by atoms with E-state index >= 15 is 0 Å². The summed E-state index contributed by atoms with van der Waals surface area (Å²) in [6.07, 6.45) is 7.37. The molecule has 0 spiro atoms. The van der Waals surface area contributed by atoms with Gasteiger partial charge in [-0.05, 0) is 56.9 Å². The van der Waals surface area contributed by atoms with Gasteiger partial charge in [0.1, 0.15) is 0 Å². The molecule has 2 atom stereocenters. The standard InChI is InChI=1S/C17H29N3/c1-3-18-17-10-7-8-15(17)11-13-20(4-2)14-16-9-5-6-12-19-16/h5-6,9,12,15,17-18H,3-4,7-8,10-11,13-14H2,1-2H3. The minimum Gasteiger partial charge on any atom is -0.314 e. The maximum atomic E-state index is 4.44. The minimum absolute atomic E-state index is 0.758. The smallest absolute Gasteiger partial charge is 0.0543 e. The fraction of sp³-hybridized carbons (Fsp3) is 0.706. The van der Waals surface area contributed by atoms with Gasteiger partial charge in [-0.1, -0.05) is 26.3 Å². The number of nitrogens with one attached hydrogen (secondary N) is 1. The first-order chi connectivity index (χ1) is 9.83. The van der Waals surface area contributed by atoms with Gasteiger partial charge in [-0.2, -0.15) is 0 Å². The van der Waals surface area contributed by atoms with Crippen molar-refractivity contribution in [3.8, 4) is 0 Å². The fourth-order valence-corrected chi connectivity index (χ4v) is 3.33. The van der Waals surface area contributed by atoms with E-state index in [4.69, 9.17) is 0 Å². The molecule has 0 radical (unpaired) electrons. The number of pyridine rings is 1. The van der Waals surface area contributed by atoms with Gasteiger partial charge in [0, 0.05) is 18.8 Å². The summed E-state index contributed by atoms with van der Waals surface area (Å²) in [5, 5.41) is 3.66. The van der Waals surface area contributed by atoms with E-state index in [2.05, 4.69) is 41.2 Å². The second-order valence-electron chi connectivity index (χ2n) is 5.83. The molecular formula is C17H29N3. The van der Waals surface area contributed by atoms with Crippen LogP contribution in [0.5, 0.6) is 0 Å². The predicted octanol–water partition coefficient (Wildman–Crippen LogP) is 3.07. The first kappa shape index (κ1) is 15.5. The molecule has 0 bridgehead atoms. The van der Waals surface area contributed by atoms with Gasteiger partial charge >= 0.3 is 0 Å². The van der Waals surface area contributed by atoms with Crippen molar-refractivity contribution in [1.29, 1.82) is 0 Å². The Morgan fingerprint density at radius 1 is 1.30 bits per heavy atom. The third-order valence-corrected chi connectivity index (χ3v) is 4.50. The summed E-state index contributed by atoms with van der Waals surface area (Å²) in [5.74, 6) is 0.868. The topological polar surface area (TPSA) is 28.2 Å². The molecule has 112 valence electrons. The molecular weight excluding hydrogens is 246 g/mol. The van der Waals surface area contributed by atoms with Crippen molar-refractivity contribution >= 4 is 0 Å². The highest BCUT2D eigenvalue weighted by molar-refractivity contribution is 5.03. The first-order valence-electron chi connectivity index (χ1n) is 8.19. The lowest BCUT2D eigenvalue weighted by Gasteiger charge is -2.25. The molecule has 1 aliphatic rings. The predicted molar refractivity (Wildman–Crippen MR) is 84.6 cm³/mol. The highest BCUT2D eigenvalue weighted by Gasteiger charge is 2.26. The van der Waals surface area contributed by atoms with E-state index < -0.39 is 0 Å². The van der Waals surface area contributed by atoms with Crippen molar-refractivity contribution in [1.82, 2.24) is 15.2 Å². The van der Waals surface area contributed by atoms with Crippen LogP contribution in [-0.4, -0.2) is 35.6 Å². The number of nitrogens with zero attached hydrogens (tertiary/aromatic N) is 2. The van der Waals surface area contributed by atoms with Crippen LogP contribution in [0.1, 0.15) is 45.2 Å². The molecule has 1 aliphatic carbocycles. The Morgan fingerprint density at radius 2 is 2.20 bits per heavy atom. The molecule has 1 saturated carbocycles. The molecule has 0 saturated heterocycles. The second kappa shape index (κ2) is 8.38. The molecule has 3 nitrogen and oxygen atoms in total. The Morgan fingerprint density at radius 3 is 2.90 bits per heavy atom. The third kappa shape index (κ3) is 4.57. The third-order valence-electron chi connectivity index (χ3n) is 4.50. The average molecular weight is 275 g/mol. The molecule has 3 heteroatoms. The molecule has 1 fully saturated rings. The number of aromatic nitrogens is 1. The zero-order valence-electron chi connectivity index (χ0n) is 13.0. The molecule has 1 N–H and O–H groups in total. The number of hydrogen-bond donors (Lipinski definition) is 1. The summed E-state index contributed by atoms with van der Waals surface area (Å²) < 4.78 is 0. The van der Waals surface area contributed by atoms with Crippen LogP contribution < -0.4 is 5.32 Å². The molecule has 1 aromatic heterocycles. The quantitative estimate of drug-likeness (QED) is 0.790. The molecule has 0 aromatic carbocycles. The Kier molecular flexibility index (Phi) is 6.48. The Bertz CT molecular complexity index is 366. The van der Waals surface area contributed by atoms with Crippen molar-refractivity contribution in [3.05, 3.63) is 30.1 Å². The first-order valence-corrected chi connectivity index (χ1v) is 8.19. The van der Waals surface area contributed by atoms with Crippen LogP contribution in [0, 0.1) is 5.92 Å². The van der Waals surface area contributed by atoms with Crippen molar-refractivity contribution in [3.63, 3.8) is 0 Å². The molecule has 2 unspecified atom stereocenters. The van der Waals surface area contributed by atoms with Gasteiger partial charge in [0.15, 0.2) is 0 Å². The SMILES string of the molecule is CCNC1CCCC1CCN(CC)Cc1ccccn1. The Hall–Kier alpha value is -0.930. The summed E-state index contributed by atoms with van der Waals surface area (Å²) in [7, 11) is 0. The minimum atomic E-state index is 0.758. The normalized spacial score (nSPS) is 22.6. The van der Waals surface area contributed by atoms with Crippen molar-refractivity contribution < 1.29 is 0 Å². The Balaban J connectivity index is 1.78. The van der Waals surface area contributed by atoms with E-state index in [1.807, 2.05) is 12.3 Å². The highest BCUT2D eigenvalue weighted by atomic mass is 15.1. The summed E-state index contributed by atoms with van der Waals surface area (Å²) in [5.41, 5.74) is 1.18. The average Bonchev–Trinajstić information content (AvgIpc) is 2.92. The van der Waals surface area contributed by atoms with Crippen molar-refractivity contribution in [2.75, 3.05) is 19.6 Å². The van der Waals surface area contributed by atoms with Crippen LogP contribution in [0.3, 0.4) is 0 Å². The highest BCUT2D eigenvalue weighted by Crippen LogP contribution is 2.28. The van der Waals surface area contributed by atoms with Crippen LogP contribution >= 0.6 is 0 Å². The Labute approximate surface area is 123 Å². The lowest BCUT2D eigenvalue weighted by atomic mass is 9.99. The molecule has 1 heterocycles. The fourth-order valence-electron chi connectivity index (χ4n) is 3.33. The van der Waals surface area contributed by atoms with Gasteiger partial charge in [0.05, 0.1) is 5.69 Å². The second-order valence-corrected chi connectivity index (χ2v) is 5.83. The van der Waals surface area contributed by atoms with Crippen LogP contribution in [0.15, 0.2) is 24.4 Å². The van der Waals surface area contributed by atoms with E-state index in [1.54, 1.807) is 0 Å². The van der Waals surface area contributed by atoms with Gasteiger partial charge in [-0.15, -0.1) is 0 Å². The zero-order chi connectivity index (χ0) is 14.2. The van der Waals surface area contributed by atoms with Crippen LogP contribution in [-0.2, 0) is 6.54 Å². The summed E-state index contributed by atoms with van der Waals surface area (Å²) in [4.78, 5) is 6.95. The molecule has 2 rings (SSSR count). The lowest BCUT2D eigenvalue weighted by Crippen LogP contribution is -2.34. The largest absolute Gasteiger partial charge is 0.314 e. The number of rotatable bonds is 8. The number of hydrogen-bond acceptors (Lipinski definition) is 3. The monoisotopic (exact) mass is 275 g/mol. The van der Waals surface area contributed by atoms with E-state index in [0.717, 1.165) is 31.6 Å². The maximum Gasteiger partial charge on any atom is 0.0543 e. The molecule has 0 amide bonds. The molecule has 0 aliphatic heterocycles. The summed E-state index contributed by atoms with van der Waals surface area (Å²) in [6.45, 7) is 8.85. The van der Waals surface area contributed by atoms with Gasteiger partial charge in [0.25, 0.3) is 0 Å². The van der Waals surface area contributed by atoms with Crippen molar-refractivity contribution in [2.45, 2.75) is 52.1 Å². The van der Waals surface area contributed by atoms with Gasteiger partial charge in [-0.25, -0.2) is 0 Å². The lowest BCUT2D eigenvalue weighted by molar-refractivity contribution is 0.242. The van der Waals surface area contributed by atoms with Gasteiger partial charge in [-0.3, -0.25) is 9.88 Å². The van der Waals surface area contributed by atoms with E-state index in [0.29, 0.717) is 0 Å². The van der Waals surface area contributed by atoms with Crippen LogP contribution in [0.25, 0.3) is 0 Å². The van der Waals surface area contributed by atoms with Crippen LogP contribution in [0.4, 0.5) is 0 Å². The van der Waals surface area contributed by atoms with E-state index in [1.165, 1.54) is 37.9 Å². The maximum absolute atomic E-state index is 4.44. The van der Waals surface area contributed by atoms with Crippen LogP contribution in [0.2, 0.25) is 0 Å². The van der Waals surface area contributed by atoms with Crippen molar-refractivity contribution in [2.24, 2.45) is 5.92 Å². The van der Waals surface area contributed by atoms with E-state index in [9.17, 15) is 0 Å². The summed E-state index contributed by atoms with van der Waals surface area (Å²) >= 11 is 0. The zero-order valence-corrected chi connectivity index (χ0v) is 13.0. The molecule has 1 aromatic rings. The van der Waals surface area contributed by atoms with Gasteiger partial charge < -0.3 is 5.32 Å². The van der Waals surface area contributed by atoms with Gasteiger partial charge in [0.2, 0.25) is 0 Å².